The molecule has 2 amide bonds. The van der Waals surface area contributed by atoms with E-state index in [-0.39, 0.29) is 17.1 Å². The molecule has 1 atom stereocenters. The topological polar surface area (TPSA) is 80.3 Å². The lowest BCUT2D eigenvalue weighted by molar-refractivity contribution is -0.115. The van der Waals surface area contributed by atoms with Gasteiger partial charge in [-0.25, -0.2) is 4.98 Å². The van der Waals surface area contributed by atoms with Gasteiger partial charge in [0.05, 0.1) is 18.1 Å². The highest BCUT2D eigenvalue weighted by molar-refractivity contribution is 8.00. The highest BCUT2D eigenvalue weighted by Crippen LogP contribution is 2.32. The number of aryl methyl sites for hydroxylation is 1. The van der Waals surface area contributed by atoms with E-state index in [1.807, 2.05) is 86.0 Å². The monoisotopic (exact) mass is 503 g/mol. The third-order valence-corrected chi connectivity index (χ3v) is 7.06. The first-order valence-electron chi connectivity index (χ1n) is 11.0. The number of carbonyl (C=O) groups excluding carboxylic acids is 2. The van der Waals surface area contributed by atoms with Gasteiger partial charge in [-0.2, -0.15) is 0 Å². The highest BCUT2D eigenvalue weighted by Gasteiger charge is 2.17. The molecule has 0 bridgehead atoms. The first-order chi connectivity index (χ1) is 16.9. The van der Waals surface area contributed by atoms with Crippen LogP contribution in [-0.2, 0) is 4.79 Å². The Balaban J connectivity index is 1.33. The summed E-state index contributed by atoms with van der Waals surface area (Å²) in [7, 11) is 1.62. The standard InChI is InChI=1S/C27H25N3O3S2/c1-17-7-6-8-19(15-17)26(32)28-20-11-13-21(14-12-20)35-18(2)25(31)30-27-29-23(16-34-27)22-9-4-5-10-24(22)33-3/h4-16,18H,1-3H3,(H,28,32)(H,29,30,31). The van der Waals surface area contributed by atoms with Crippen LogP contribution in [-0.4, -0.2) is 29.2 Å². The van der Waals surface area contributed by atoms with Gasteiger partial charge in [0, 0.05) is 27.1 Å². The molecule has 0 aliphatic rings. The fraction of sp³-hybridized carbons (Fsp3) is 0.148. The van der Waals surface area contributed by atoms with Crippen molar-refractivity contribution in [1.29, 1.82) is 0 Å². The van der Waals surface area contributed by atoms with E-state index >= 15 is 0 Å². The Morgan fingerprint density at radius 2 is 1.77 bits per heavy atom. The van der Waals surface area contributed by atoms with Gasteiger partial charge < -0.3 is 15.4 Å². The van der Waals surface area contributed by atoms with Crippen LogP contribution >= 0.6 is 23.1 Å². The van der Waals surface area contributed by atoms with Crippen LogP contribution in [0.15, 0.2) is 83.1 Å². The Bertz CT molecular complexity index is 1340. The number of nitrogens with zero attached hydrogens (tertiary/aromatic N) is 1. The molecular formula is C27H25N3O3S2. The first-order valence-corrected chi connectivity index (χ1v) is 12.7. The second-order valence-electron chi connectivity index (χ2n) is 7.84. The van der Waals surface area contributed by atoms with Crippen molar-refractivity contribution >= 4 is 45.7 Å². The van der Waals surface area contributed by atoms with E-state index in [1.54, 1.807) is 13.2 Å². The maximum absolute atomic E-state index is 12.7. The lowest BCUT2D eigenvalue weighted by Crippen LogP contribution is -2.22. The molecule has 178 valence electrons. The minimum Gasteiger partial charge on any atom is -0.496 e. The third-order valence-electron chi connectivity index (χ3n) is 5.19. The maximum atomic E-state index is 12.7. The summed E-state index contributed by atoms with van der Waals surface area (Å²) in [6.45, 7) is 3.80. The molecule has 0 aliphatic carbocycles. The largest absolute Gasteiger partial charge is 0.496 e. The van der Waals surface area contributed by atoms with E-state index in [1.165, 1.54) is 23.1 Å². The van der Waals surface area contributed by atoms with Crippen molar-refractivity contribution in [2.75, 3.05) is 17.7 Å². The smallest absolute Gasteiger partial charge is 0.255 e. The van der Waals surface area contributed by atoms with Gasteiger partial charge in [0.2, 0.25) is 5.91 Å². The molecule has 0 aliphatic heterocycles. The number of aromatic nitrogens is 1. The number of hydrogen-bond donors (Lipinski definition) is 2. The molecule has 0 saturated carbocycles. The van der Waals surface area contributed by atoms with Crippen LogP contribution in [0.3, 0.4) is 0 Å². The Morgan fingerprint density at radius 1 is 1.00 bits per heavy atom. The van der Waals surface area contributed by atoms with Crippen molar-refractivity contribution in [1.82, 2.24) is 4.98 Å². The molecule has 4 rings (SSSR count). The minimum atomic E-state index is -0.332. The van der Waals surface area contributed by atoms with Crippen LogP contribution in [0.25, 0.3) is 11.3 Å². The fourth-order valence-corrected chi connectivity index (χ4v) is 4.96. The van der Waals surface area contributed by atoms with Gasteiger partial charge in [-0.1, -0.05) is 29.8 Å². The number of rotatable bonds is 8. The van der Waals surface area contributed by atoms with E-state index in [0.717, 1.165) is 27.5 Å². The highest BCUT2D eigenvalue weighted by atomic mass is 32.2. The fourth-order valence-electron chi connectivity index (χ4n) is 3.38. The Kier molecular flexibility index (Phi) is 7.84. The molecule has 0 saturated heterocycles. The van der Waals surface area contributed by atoms with Gasteiger partial charge >= 0.3 is 0 Å². The van der Waals surface area contributed by atoms with Crippen LogP contribution in [0, 0.1) is 6.92 Å². The van der Waals surface area contributed by atoms with Crippen molar-refractivity contribution < 1.29 is 14.3 Å². The summed E-state index contributed by atoms with van der Waals surface area (Å²) >= 11 is 2.81. The van der Waals surface area contributed by atoms with Crippen molar-refractivity contribution in [3.8, 4) is 17.0 Å². The van der Waals surface area contributed by atoms with E-state index < -0.39 is 0 Å². The normalized spacial score (nSPS) is 11.5. The van der Waals surface area contributed by atoms with Gasteiger partial charge in [-0.15, -0.1) is 23.1 Å². The molecule has 4 aromatic rings. The summed E-state index contributed by atoms with van der Waals surface area (Å²) in [5, 5.41) is 7.91. The van der Waals surface area contributed by atoms with Crippen molar-refractivity contribution in [3.05, 3.63) is 89.3 Å². The second kappa shape index (κ2) is 11.2. The zero-order valence-electron chi connectivity index (χ0n) is 19.6. The molecule has 1 aromatic heterocycles. The number of methoxy groups -OCH3 is 1. The van der Waals surface area contributed by atoms with Gasteiger partial charge in [0.15, 0.2) is 5.13 Å². The molecular weight excluding hydrogens is 478 g/mol. The van der Waals surface area contributed by atoms with E-state index in [9.17, 15) is 9.59 Å². The van der Waals surface area contributed by atoms with Crippen LogP contribution in [0.4, 0.5) is 10.8 Å². The predicted molar refractivity (Wildman–Crippen MR) is 144 cm³/mol. The van der Waals surface area contributed by atoms with Gasteiger partial charge in [-0.05, 0) is 62.4 Å². The Morgan fingerprint density at radius 3 is 2.51 bits per heavy atom. The number of nitrogens with one attached hydrogen (secondary N) is 2. The van der Waals surface area contributed by atoms with Crippen molar-refractivity contribution in [3.63, 3.8) is 0 Å². The molecule has 1 unspecified atom stereocenters. The molecule has 3 aromatic carbocycles. The van der Waals surface area contributed by atoms with Gasteiger partial charge in [-0.3, -0.25) is 9.59 Å². The van der Waals surface area contributed by atoms with Crippen LogP contribution in [0.1, 0.15) is 22.8 Å². The molecule has 6 nitrogen and oxygen atoms in total. The SMILES string of the molecule is COc1ccccc1-c1csc(NC(=O)C(C)Sc2ccc(NC(=O)c3cccc(C)c3)cc2)n1. The van der Waals surface area contributed by atoms with Crippen molar-refractivity contribution in [2.24, 2.45) is 0 Å². The summed E-state index contributed by atoms with van der Waals surface area (Å²) in [6, 6.07) is 22.5. The van der Waals surface area contributed by atoms with Crippen LogP contribution < -0.4 is 15.4 Å². The lowest BCUT2D eigenvalue weighted by atomic mass is 10.1. The number of amides is 2. The average Bonchev–Trinajstić information content (AvgIpc) is 3.33. The third kappa shape index (κ3) is 6.29. The zero-order valence-corrected chi connectivity index (χ0v) is 21.2. The van der Waals surface area contributed by atoms with E-state index in [4.69, 9.17) is 4.74 Å². The number of para-hydroxylation sites is 1. The number of thioether (sulfide) groups is 1. The summed E-state index contributed by atoms with van der Waals surface area (Å²) in [5.74, 6) is 0.448. The van der Waals surface area contributed by atoms with E-state index in [0.29, 0.717) is 16.4 Å². The molecule has 0 radical (unpaired) electrons. The van der Waals surface area contributed by atoms with Crippen LogP contribution in [0.2, 0.25) is 0 Å². The summed E-state index contributed by atoms with van der Waals surface area (Å²) in [4.78, 5) is 30.6. The summed E-state index contributed by atoms with van der Waals surface area (Å²) in [5.41, 5.74) is 3.98. The lowest BCUT2D eigenvalue weighted by Gasteiger charge is -2.11. The molecule has 1 heterocycles. The number of hydrogen-bond acceptors (Lipinski definition) is 6. The number of benzene rings is 3. The summed E-state index contributed by atoms with van der Waals surface area (Å²) < 4.78 is 5.40. The van der Waals surface area contributed by atoms with Gasteiger partial charge in [0.25, 0.3) is 5.91 Å². The second-order valence-corrected chi connectivity index (χ2v) is 10.1. The predicted octanol–water partition coefficient (Wildman–Crippen LogP) is 6.50. The van der Waals surface area contributed by atoms with E-state index in [2.05, 4.69) is 15.6 Å². The number of anilines is 2. The Hall–Kier alpha value is -3.62. The zero-order chi connectivity index (χ0) is 24.8. The first kappa shape index (κ1) is 24.5. The number of ether oxygens (including phenoxy) is 1. The molecule has 0 fully saturated rings. The maximum Gasteiger partial charge on any atom is 0.255 e. The molecule has 35 heavy (non-hydrogen) atoms. The number of thiazole rings is 1. The molecule has 8 heteroatoms. The quantitative estimate of drug-likeness (QED) is 0.268. The molecule has 2 N–H and O–H groups in total. The Labute approximate surface area is 212 Å². The number of carbonyl (C=O) groups is 2. The van der Waals surface area contributed by atoms with Crippen molar-refractivity contribution in [2.45, 2.75) is 24.0 Å². The summed E-state index contributed by atoms with van der Waals surface area (Å²) in [6.07, 6.45) is 0. The molecule has 0 spiro atoms. The average molecular weight is 504 g/mol. The van der Waals surface area contributed by atoms with Gasteiger partial charge in [0.1, 0.15) is 5.75 Å². The minimum absolute atomic E-state index is 0.132. The van der Waals surface area contributed by atoms with Crippen LogP contribution in [0.5, 0.6) is 5.75 Å².